The van der Waals surface area contributed by atoms with E-state index in [4.69, 9.17) is 0 Å². The predicted octanol–water partition coefficient (Wildman–Crippen LogP) is 2.37. The highest BCUT2D eigenvalue weighted by Crippen LogP contribution is 2.25. The number of amides is 1. The smallest absolute Gasteiger partial charge is 0.259 e. The van der Waals surface area contributed by atoms with E-state index >= 15 is 0 Å². The molecule has 1 aromatic heterocycles. The first-order valence-electron chi connectivity index (χ1n) is 8.04. The second-order valence-electron chi connectivity index (χ2n) is 6.15. The molecule has 1 N–H and O–H groups in total. The Morgan fingerprint density at radius 3 is 2.62 bits per heavy atom. The number of aryl methyl sites for hydroxylation is 1. The standard InChI is InChI=1S/C17H21N3O3S/c1-3-13-4-6-14(7-5-13)19-17(21)16-10-18-20(12(16)2)15-8-9-24(22,23)11-15/h4-7,10,15H,3,8-9,11H2,1-2H3,(H,19,21). The number of nitrogens with zero attached hydrogens (tertiary/aromatic N) is 2. The van der Waals surface area contributed by atoms with Crippen LogP contribution >= 0.6 is 0 Å². The number of carbonyl (C=O) groups is 1. The molecule has 3 rings (SSSR count). The Morgan fingerprint density at radius 2 is 2.04 bits per heavy atom. The molecule has 1 aromatic carbocycles. The fourth-order valence-electron chi connectivity index (χ4n) is 3.00. The van der Waals surface area contributed by atoms with Gasteiger partial charge < -0.3 is 5.32 Å². The van der Waals surface area contributed by atoms with Crippen molar-refractivity contribution in [2.24, 2.45) is 0 Å². The van der Waals surface area contributed by atoms with E-state index in [1.165, 1.54) is 11.8 Å². The average Bonchev–Trinajstić information content (AvgIpc) is 3.10. The average molecular weight is 347 g/mol. The molecule has 1 fully saturated rings. The van der Waals surface area contributed by atoms with Gasteiger partial charge in [0.25, 0.3) is 5.91 Å². The molecule has 1 unspecified atom stereocenters. The van der Waals surface area contributed by atoms with Crippen LogP contribution in [0.3, 0.4) is 0 Å². The van der Waals surface area contributed by atoms with Crippen LogP contribution in [0.1, 0.15) is 41.0 Å². The summed E-state index contributed by atoms with van der Waals surface area (Å²) in [6.07, 6.45) is 3.00. The van der Waals surface area contributed by atoms with E-state index in [0.717, 1.165) is 12.1 Å². The first kappa shape index (κ1) is 16.7. The number of hydrogen-bond acceptors (Lipinski definition) is 4. The highest BCUT2D eigenvalue weighted by Gasteiger charge is 2.31. The van der Waals surface area contributed by atoms with Gasteiger partial charge in [0.2, 0.25) is 0 Å². The van der Waals surface area contributed by atoms with Gasteiger partial charge in [0.05, 0.1) is 29.3 Å². The van der Waals surface area contributed by atoms with E-state index in [9.17, 15) is 13.2 Å². The van der Waals surface area contributed by atoms with Crippen LogP contribution in [-0.4, -0.2) is 35.6 Å². The molecule has 2 aromatic rings. The molecule has 1 aliphatic rings. The molecule has 1 atom stereocenters. The van der Waals surface area contributed by atoms with Crippen molar-refractivity contribution in [3.05, 3.63) is 47.3 Å². The molecule has 2 heterocycles. The molecule has 0 bridgehead atoms. The Balaban J connectivity index is 1.76. The minimum Gasteiger partial charge on any atom is -0.322 e. The van der Waals surface area contributed by atoms with Crippen LogP contribution < -0.4 is 5.32 Å². The second kappa shape index (κ2) is 6.39. The predicted molar refractivity (Wildman–Crippen MR) is 93.0 cm³/mol. The first-order chi connectivity index (χ1) is 11.4. The zero-order valence-electron chi connectivity index (χ0n) is 13.8. The summed E-state index contributed by atoms with van der Waals surface area (Å²) in [5, 5.41) is 7.10. The monoisotopic (exact) mass is 347 g/mol. The van der Waals surface area contributed by atoms with Gasteiger partial charge in [-0.1, -0.05) is 19.1 Å². The SMILES string of the molecule is CCc1ccc(NC(=O)c2cnn(C3CCS(=O)(=O)C3)c2C)cc1. The number of aromatic nitrogens is 2. The lowest BCUT2D eigenvalue weighted by molar-refractivity contribution is 0.102. The summed E-state index contributed by atoms with van der Waals surface area (Å²) < 4.78 is 24.9. The van der Waals surface area contributed by atoms with E-state index in [1.807, 2.05) is 24.3 Å². The molecule has 0 spiro atoms. The van der Waals surface area contributed by atoms with Gasteiger partial charge in [0.15, 0.2) is 9.84 Å². The van der Waals surface area contributed by atoms with Gasteiger partial charge >= 0.3 is 0 Å². The van der Waals surface area contributed by atoms with Crippen molar-refractivity contribution in [2.45, 2.75) is 32.7 Å². The summed E-state index contributed by atoms with van der Waals surface area (Å²) >= 11 is 0. The van der Waals surface area contributed by atoms with Gasteiger partial charge in [0.1, 0.15) is 0 Å². The molecule has 0 radical (unpaired) electrons. The van der Waals surface area contributed by atoms with Crippen LogP contribution in [-0.2, 0) is 16.3 Å². The Labute approximate surface area is 141 Å². The fourth-order valence-corrected chi connectivity index (χ4v) is 4.70. The molecule has 0 saturated carbocycles. The quantitative estimate of drug-likeness (QED) is 0.920. The molecule has 1 amide bonds. The number of nitrogens with one attached hydrogen (secondary N) is 1. The maximum atomic E-state index is 12.5. The Bertz CT molecular complexity index is 854. The second-order valence-corrected chi connectivity index (χ2v) is 8.38. The summed E-state index contributed by atoms with van der Waals surface area (Å²) in [5.41, 5.74) is 3.10. The minimum absolute atomic E-state index is 0.0923. The highest BCUT2D eigenvalue weighted by molar-refractivity contribution is 7.91. The van der Waals surface area contributed by atoms with Crippen LogP contribution in [0.4, 0.5) is 5.69 Å². The third kappa shape index (κ3) is 3.36. The maximum absolute atomic E-state index is 12.5. The number of carbonyl (C=O) groups excluding carboxylic acids is 1. The normalized spacial score (nSPS) is 19.3. The maximum Gasteiger partial charge on any atom is 0.259 e. The molecule has 6 nitrogen and oxygen atoms in total. The van der Waals surface area contributed by atoms with Gasteiger partial charge in [0, 0.05) is 11.4 Å². The van der Waals surface area contributed by atoms with Crippen LogP contribution in [0.15, 0.2) is 30.5 Å². The Hall–Kier alpha value is -2.15. The van der Waals surface area contributed by atoms with E-state index in [1.54, 1.807) is 11.6 Å². The number of hydrogen-bond donors (Lipinski definition) is 1. The minimum atomic E-state index is -2.99. The van der Waals surface area contributed by atoms with E-state index in [2.05, 4.69) is 17.3 Å². The van der Waals surface area contributed by atoms with Crippen molar-refractivity contribution < 1.29 is 13.2 Å². The molecule has 24 heavy (non-hydrogen) atoms. The van der Waals surface area contributed by atoms with Crippen LogP contribution in [0, 0.1) is 6.92 Å². The summed E-state index contributed by atoms with van der Waals surface area (Å²) in [6, 6.07) is 7.53. The molecular formula is C17H21N3O3S. The van der Waals surface area contributed by atoms with Gasteiger partial charge in [-0.2, -0.15) is 5.10 Å². The van der Waals surface area contributed by atoms with Crippen molar-refractivity contribution in [1.82, 2.24) is 9.78 Å². The van der Waals surface area contributed by atoms with Gasteiger partial charge in [-0.25, -0.2) is 8.42 Å². The summed E-state index contributed by atoms with van der Waals surface area (Å²) in [7, 11) is -2.99. The molecule has 1 aliphatic heterocycles. The fraction of sp³-hybridized carbons (Fsp3) is 0.412. The van der Waals surface area contributed by atoms with Crippen molar-refractivity contribution in [3.8, 4) is 0 Å². The molecule has 7 heteroatoms. The lowest BCUT2D eigenvalue weighted by atomic mass is 10.1. The molecule has 1 saturated heterocycles. The van der Waals surface area contributed by atoms with Crippen molar-refractivity contribution >= 4 is 21.4 Å². The number of anilines is 1. The summed E-state index contributed by atoms with van der Waals surface area (Å²) in [6.45, 7) is 3.88. The Kier molecular flexibility index (Phi) is 4.45. The molecular weight excluding hydrogens is 326 g/mol. The van der Waals surface area contributed by atoms with E-state index < -0.39 is 9.84 Å². The first-order valence-corrected chi connectivity index (χ1v) is 9.86. The van der Waals surface area contributed by atoms with Crippen LogP contribution in [0.25, 0.3) is 0 Å². The van der Waals surface area contributed by atoms with Crippen molar-refractivity contribution in [1.29, 1.82) is 0 Å². The summed E-state index contributed by atoms with van der Waals surface area (Å²) in [5.74, 6) is 0.0426. The Morgan fingerprint density at radius 1 is 1.33 bits per heavy atom. The van der Waals surface area contributed by atoms with Crippen molar-refractivity contribution in [3.63, 3.8) is 0 Å². The largest absolute Gasteiger partial charge is 0.322 e. The third-order valence-corrected chi connectivity index (χ3v) is 6.21. The lowest BCUT2D eigenvalue weighted by Gasteiger charge is -2.11. The van der Waals surface area contributed by atoms with E-state index in [-0.39, 0.29) is 23.5 Å². The van der Waals surface area contributed by atoms with Crippen LogP contribution in [0.2, 0.25) is 0 Å². The van der Waals surface area contributed by atoms with Gasteiger partial charge in [-0.3, -0.25) is 9.48 Å². The number of sulfone groups is 1. The zero-order valence-corrected chi connectivity index (χ0v) is 14.6. The topological polar surface area (TPSA) is 81.1 Å². The van der Waals surface area contributed by atoms with E-state index in [0.29, 0.717) is 17.7 Å². The number of benzene rings is 1. The van der Waals surface area contributed by atoms with Gasteiger partial charge in [-0.15, -0.1) is 0 Å². The number of rotatable bonds is 4. The summed E-state index contributed by atoms with van der Waals surface area (Å²) in [4.78, 5) is 12.5. The lowest BCUT2D eigenvalue weighted by Crippen LogP contribution is -2.16. The van der Waals surface area contributed by atoms with Crippen molar-refractivity contribution in [2.75, 3.05) is 16.8 Å². The van der Waals surface area contributed by atoms with Crippen LogP contribution in [0.5, 0.6) is 0 Å². The third-order valence-electron chi connectivity index (χ3n) is 4.46. The zero-order chi connectivity index (χ0) is 17.3. The van der Waals surface area contributed by atoms with Gasteiger partial charge in [-0.05, 0) is 37.5 Å². The highest BCUT2D eigenvalue weighted by atomic mass is 32.2. The molecule has 0 aliphatic carbocycles. The molecule has 128 valence electrons.